The van der Waals surface area contributed by atoms with Gasteiger partial charge in [-0.05, 0) is 12.8 Å². The smallest absolute Gasteiger partial charge is 0.322 e. The van der Waals surface area contributed by atoms with Crippen molar-refractivity contribution < 1.29 is 4.74 Å². The molecule has 1 fully saturated rings. The zero-order chi connectivity index (χ0) is 13.0. The zero-order valence-electron chi connectivity index (χ0n) is 10.6. The van der Waals surface area contributed by atoms with E-state index in [9.17, 15) is 0 Å². The first kappa shape index (κ1) is 12.4. The van der Waals surface area contributed by atoms with Gasteiger partial charge in [-0.1, -0.05) is 0 Å². The lowest BCUT2D eigenvalue weighted by Crippen LogP contribution is -2.29. The molecule has 0 atom stereocenters. The Balaban J connectivity index is 2.25. The number of hydrogen-bond donors (Lipinski definition) is 1. The van der Waals surface area contributed by atoms with Crippen LogP contribution < -0.4 is 15.0 Å². The van der Waals surface area contributed by atoms with Crippen LogP contribution in [0.25, 0.3) is 0 Å². The van der Waals surface area contributed by atoms with Gasteiger partial charge in [0.2, 0.25) is 11.9 Å². The molecule has 1 N–H and O–H groups in total. The van der Waals surface area contributed by atoms with Crippen molar-refractivity contribution >= 4 is 11.9 Å². The Labute approximate surface area is 106 Å². The lowest BCUT2D eigenvalue weighted by atomic mass is 10.4. The molecule has 1 aromatic heterocycles. The molecule has 96 valence electrons. The normalized spacial score (nSPS) is 13.8. The molecule has 1 aliphatic rings. The fraction of sp³-hybridized carbons (Fsp3) is 0.636. The van der Waals surface area contributed by atoms with E-state index in [0.29, 0.717) is 30.9 Å². The van der Waals surface area contributed by atoms with Gasteiger partial charge >= 0.3 is 6.01 Å². The first-order valence-electron chi connectivity index (χ1n) is 5.90. The second-order valence-corrected chi connectivity index (χ2v) is 4.03. The molecule has 7 nitrogen and oxygen atoms in total. The highest BCUT2D eigenvalue weighted by Crippen LogP contribution is 2.30. The molecule has 1 saturated carbocycles. The van der Waals surface area contributed by atoms with Gasteiger partial charge in [0.05, 0.1) is 19.6 Å². The van der Waals surface area contributed by atoms with E-state index in [0.717, 1.165) is 12.8 Å². The van der Waals surface area contributed by atoms with Crippen molar-refractivity contribution in [3.8, 4) is 12.1 Å². The van der Waals surface area contributed by atoms with Crippen molar-refractivity contribution in [3.63, 3.8) is 0 Å². The molecule has 7 heteroatoms. The van der Waals surface area contributed by atoms with E-state index in [-0.39, 0.29) is 6.01 Å². The molecule has 0 unspecified atom stereocenters. The Kier molecular flexibility index (Phi) is 3.77. The number of rotatable bonds is 6. The Morgan fingerprint density at radius 2 is 2.22 bits per heavy atom. The largest absolute Gasteiger partial charge is 0.467 e. The van der Waals surface area contributed by atoms with Crippen LogP contribution in [0.15, 0.2) is 0 Å². The van der Waals surface area contributed by atoms with Crippen LogP contribution in [-0.2, 0) is 0 Å². The van der Waals surface area contributed by atoms with Crippen LogP contribution in [0.1, 0.15) is 19.3 Å². The van der Waals surface area contributed by atoms with Gasteiger partial charge in [-0.25, -0.2) is 0 Å². The number of hydrogen-bond acceptors (Lipinski definition) is 7. The molecule has 1 aromatic rings. The van der Waals surface area contributed by atoms with Gasteiger partial charge < -0.3 is 15.0 Å². The first-order valence-corrected chi connectivity index (χ1v) is 5.90. The molecule has 0 spiro atoms. The number of anilines is 2. The summed E-state index contributed by atoms with van der Waals surface area (Å²) >= 11 is 0. The quantitative estimate of drug-likeness (QED) is 0.796. The van der Waals surface area contributed by atoms with Crippen LogP contribution in [-0.4, -0.2) is 41.7 Å². The standard InChI is InChI=1S/C11H16N6O/c1-13-9-14-10(16-11(15-9)18-2)17(7-3-6-12)8-4-5-8/h8H,3-5,7H2,1-2H3,(H,13,14,15,16). The summed E-state index contributed by atoms with van der Waals surface area (Å²) in [7, 11) is 3.27. The average molecular weight is 248 g/mol. The molecule has 0 aliphatic heterocycles. The van der Waals surface area contributed by atoms with Crippen molar-refractivity contribution in [1.29, 1.82) is 5.26 Å². The third-order valence-electron chi connectivity index (χ3n) is 2.72. The molecule has 0 saturated heterocycles. The predicted molar refractivity (Wildman–Crippen MR) is 66.5 cm³/mol. The second kappa shape index (κ2) is 5.49. The minimum Gasteiger partial charge on any atom is -0.467 e. The van der Waals surface area contributed by atoms with Crippen molar-refractivity contribution in [2.75, 3.05) is 30.9 Å². The van der Waals surface area contributed by atoms with Gasteiger partial charge in [0.15, 0.2) is 0 Å². The van der Waals surface area contributed by atoms with Crippen LogP contribution in [0.4, 0.5) is 11.9 Å². The van der Waals surface area contributed by atoms with Crippen molar-refractivity contribution in [3.05, 3.63) is 0 Å². The van der Waals surface area contributed by atoms with E-state index in [4.69, 9.17) is 10.00 Å². The highest BCUT2D eigenvalue weighted by molar-refractivity contribution is 5.40. The van der Waals surface area contributed by atoms with Gasteiger partial charge in [-0.15, -0.1) is 0 Å². The highest BCUT2D eigenvalue weighted by Gasteiger charge is 2.31. The van der Waals surface area contributed by atoms with Gasteiger partial charge in [-0.3, -0.25) is 0 Å². The number of nitrogens with one attached hydrogen (secondary N) is 1. The summed E-state index contributed by atoms with van der Waals surface area (Å²) in [4.78, 5) is 14.7. The third-order valence-corrected chi connectivity index (χ3v) is 2.72. The van der Waals surface area contributed by atoms with Crippen LogP contribution in [0.5, 0.6) is 6.01 Å². The molecule has 1 heterocycles. The molecule has 0 amide bonds. The molecule has 1 aliphatic carbocycles. The van der Waals surface area contributed by atoms with Crippen molar-refractivity contribution in [1.82, 2.24) is 15.0 Å². The van der Waals surface area contributed by atoms with Crippen LogP contribution in [0.3, 0.4) is 0 Å². The summed E-state index contributed by atoms with van der Waals surface area (Å²) in [6.45, 7) is 0.636. The fourth-order valence-electron chi connectivity index (χ4n) is 1.68. The Morgan fingerprint density at radius 1 is 1.44 bits per heavy atom. The maximum Gasteiger partial charge on any atom is 0.322 e. The number of nitriles is 1. The van der Waals surface area contributed by atoms with Gasteiger partial charge in [-0.2, -0.15) is 20.2 Å². The monoisotopic (exact) mass is 248 g/mol. The summed E-state index contributed by atoms with van der Waals surface area (Å²) in [6.07, 6.45) is 2.70. The molecule has 0 radical (unpaired) electrons. The zero-order valence-corrected chi connectivity index (χ0v) is 10.6. The third kappa shape index (κ3) is 2.77. The molecule has 0 bridgehead atoms. The van der Waals surface area contributed by atoms with E-state index in [1.165, 1.54) is 7.11 Å². The number of methoxy groups -OCH3 is 1. The Bertz CT molecular complexity index is 431. The van der Waals surface area contributed by atoms with Crippen LogP contribution in [0.2, 0.25) is 0 Å². The van der Waals surface area contributed by atoms with Crippen molar-refractivity contribution in [2.24, 2.45) is 0 Å². The summed E-state index contributed by atoms with van der Waals surface area (Å²) in [5.41, 5.74) is 0. The van der Waals surface area contributed by atoms with E-state index in [1.807, 2.05) is 4.90 Å². The van der Waals surface area contributed by atoms with E-state index < -0.39 is 0 Å². The maximum atomic E-state index is 8.70. The van der Waals surface area contributed by atoms with Crippen LogP contribution in [0, 0.1) is 11.3 Å². The van der Waals surface area contributed by atoms with E-state index in [1.54, 1.807) is 7.05 Å². The minimum absolute atomic E-state index is 0.284. The van der Waals surface area contributed by atoms with Crippen LogP contribution >= 0.6 is 0 Å². The van der Waals surface area contributed by atoms with E-state index in [2.05, 4.69) is 26.3 Å². The lowest BCUT2D eigenvalue weighted by Gasteiger charge is -2.21. The topological polar surface area (TPSA) is 87.0 Å². The number of nitrogens with zero attached hydrogens (tertiary/aromatic N) is 5. The number of ether oxygens (including phenoxy) is 1. The summed E-state index contributed by atoms with van der Waals surface area (Å²) in [6, 6.07) is 2.87. The second-order valence-electron chi connectivity index (χ2n) is 4.03. The fourth-order valence-corrected chi connectivity index (χ4v) is 1.68. The molecule has 0 aromatic carbocycles. The Morgan fingerprint density at radius 3 is 2.78 bits per heavy atom. The van der Waals surface area contributed by atoms with E-state index >= 15 is 0 Å². The summed E-state index contributed by atoms with van der Waals surface area (Å²) in [5.74, 6) is 1.04. The minimum atomic E-state index is 0.284. The SMILES string of the molecule is CNc1nc(OC)nc(N(CCC#N)C2CC2)n1. The highest BCUT2D eigenvalue weighted by atomic mass is 16.5. The summed E-state index contributed by atoms with van der Waals surface area (Å²) in [5, 5.41) is 11.6. The lowest BCUT2D eigenvalue weighted by molar-refractivity contribution is 0.378. The number of aromatic nitrogens is 3. The maximum absolute atomic E-state index is 8.70. The molecular formula is C11H16N6O. The molecule has 18 heavy (non-hydrogen) atoms. The Hall–Kier alpha value is -2.10. The van der Waals surface area contributed by atoms with Crippen molar-refractivity contribution in [2.45, 2.75) is 25.3 Å². The summed E-state index contributed by atoms with van der Waals surface area (Å²) < 4.78 is 5.06. The van der Waals surface area contributed by atoms with Gasteiger partial charge in [0, 0.05) is 19.6 Å². The van der Waals surface area contributed by atoms with Gasteiger partial charge in [0.25, 0.3) is 0 Å². The molecule has 2 rings (SSSR count). The average Bonchev–Trinajstić information content (AvgIpc) is 3.23. The van der Waals surface area contributed by atoms with Gasteiger partial charge in [0.1, 0.15) is 0 Å². The first-order chi connectivity index (χ1) is 8.78. The molecular weight excluding hydrogens is 232 g/mol. The predicted octanol–water partition coefficient (Wildman–Crippen LogP) is 0.804.